The van der Waals surface area contributed by atoms with Crippen LogP contribution in [0, 0.1) is 11.3 Å². The second-order valence-corrected chi connectivity index (χ2v) is 16.4. The van der Waals surface area contributed by atoms with Crippen molar-refractivity contribution in [1.82, 2.24) is 14.8 Å². The molecule has 0 unspecified atom stereocenters. The molecular formula is C37H45N5O6S. The lowest BCUT2D eigenvalue weighted by Crippen LogP contribution is -2.40. The average molecular weight is 688 g/mol. The van der Waals surface area contributed by atoms with Crippen LogP contribution in [-0.4, -0.2) is 59.6 Å². The third-order valence-corrected chi connectivity index (χ3v) is 9.51. The summed E-state index contributed by atoms with van der Waals surface area (Å²) in [6.45, 7) is 11.9. The number of nitrogens with one attached hydrogen (secondary N) is 2. The number of amides is 2. The van der Waals surface area contributed by atoms with E-state index in [1.54, 1.807) is 31.7 Å². The number of nitrogens with zero attached hydrogens (tertiary/aromatic N) is 3. The number of hydrogen-bond acceptors (Lipinski definition) is 7. The van der Waals surface area contributed by atoms with Gasteiger partial charge in [-0.2, -0.15) is 5.26 Å². The maximum atomic E-state index is 13.4. The highest BCUT2D eigenvalue weighted by Gasteiger charge is 2.33. The fourth-order valence-electron chi connectivity index (χ4n) is 6.13. The number of benzene rings is 3. The highest BCUT2D eigenvalue weighted by Crippen LogP contribution is 2.30. The molecule has 1 atom stereocenters. The van der Waals surface area contributed by atoms with Gasteiger partial charge in [0.25, 0.3) is 0 Å². The van der Waals surface area contributed by atoms with E-state index in [9.17, 15) is 23.3 Å². The number of ether oxygens (including phenoxy) is 2. The molecule has 3 aromatic carbocycles. The quantitative estimate of drug-likeness (QED) is 0.188. The van der Waals surface area contributed by atoms with Gasteiger partial charge in [0, 0.05) is 42.3 Å². The first-order chi connectivity index (χ1) is 23.0. The first kappa shape index (κ1) is 35.5. The summed E-state index contributed by atoms with van der Waals surface area (Å²) in [4.78, 5) is 26.6. The topological polar surface area (TPSA) is 143 Å². The summed E-state index contributed by atoms with van der Waals surface area (Å²) in [7, 11) is -3.76. The van der Waals surface area contributed by atoms with Crippen LogP contribution in [0.4, 0.5) is 15.3 Å². The van der Waals surface area contributed by atoms with Gasteiger partial charge in [-0.15, -0.1) is 0 Å². The van der Waals surface area contributed by atoms with Gasteiger partial charge in [-0.3, -0.25) is 4.72 Å². The first-order valence-electron chi connectivity index (χ1n) is 16.5. The maximum Gasteiger partial charge on any atom is 0.410 e. The van der Waals surface area contributed by atoms with Crippen LogP contribution in [-0.2, 0) is 32.6 Å². The zero-order valence-corrected chi connectivity index (χ0v) is 29.8. The zero-order chi connectivity index (χ0) is 35.6. The van der Waals surface area contributed by atoms with Gasteiger partial charge >= 0.3 is 12.2 Å². The first-order valence-corrected chi connectivity index (χ1v) is 18.2. The van der Waals surface area contributed by atoms with Crippen LogP contribution in [0.3, 0.4) is 0 Å². The molecule has 0 radical (unpaired) electrons. The number of carbonyl (C=O) groups excluding carboxylic acids is 2. The molecule has 11 nitrogen and oxygen atoms in total. The van der Waals surface area contributed by atoms with Gasteiger partial charge in [0.1, 0.15) is 23.0 Å². The fraction of sp³-hybridized carbons (Fsp3) is 0.432. The van der Waals surface area contributed by atoms with E-state index in [4.69, 9.17) is 9.47 Å². The Bertz CT molecular complexity index is 2020. The van der Waals surface area contributed by atoms with Crippen LogP contribution in [0.1, 0.15) is 77.6 Å². The number of carbonyl (C=O) groups is 2. The molecule has 0 saturated carbocycles. The number of anilines is 1. The van der Waals surface area contributed by atoms with Crippen molar-refractivity contribution < 1.29 is 27.5 Å². The number of fused-ring (bicyclic) bond motifs is 2. The molecule has 1 aliphatic rings. The lowest BCUT2D eigenvalue weighted by Gasteiger charge is -2.28. The van der Waals surface area contributed by atoms with E-state index in [1.165, 1.54) is 0 Å². The molecule has 0 bridgehead atoms. The smallest absolute Gasteiger partial charge is 0.410 e. The van der Waals surface area contributed by atoms with Crippen LogP contribution in [0.5, 0.6) is 0 Å². The van der Waals surface area contributed by atoms with Crippen LogP contribution >= 0.6 is 0 Å². The van der Waals surface area contributed by atoms with Crippen LogP contribution in [0.15, 0.2) is 60.7 Å². The minimum atomic E-state index is -3.76. The normalized spacial score (nSPS) is 15.3. The van der Waals surface area contributed by atoms with E-state index in [-0.39, 0.29) is 18.3 Å². The van der Waals surface area contributed by atoms with E-state index >= 15 is 0 Å². The third kappa shape index (κ3) is 9.23. The number of likely N-dealkylation sites (tertiary alicyclic amines) is 1. The SMILES string of the molecule is CC(C)(C)OC(=O)NCc1ccc2cc(C#N)n(Cc3cc(NS(=O)(=O)CC[C@@H]4CCCN4C(=O)OC(C)(C)C)cc4ccccc34)c2c1. The van der Waals surface area contributed by atoms with E-state index in [1.807, 2.05) is 79.9 Å². The van der Waals surface area contributed by atoms with Crippen molar-refractivity contribution in [1.29, 1.82) is 5.26 Å². The lowest BCUT2D eigenvalue weighted by atomic mass is 10.0. The third-order valence-electron chi connectivity index (χ3n) is 8.19. The molecule has 1 aliphatic heterocycles. The Kier molecular flexibility index (Phi) is 10.2. The minimum absolute atomic E-state index is 0.153. The fourth-order valence-corrected chi connectivity index (χ4v) is 7.29. The molecule has 2 N–H and O–H groups in total. The molecule has 12 heteroatoms. The molecule has 5 rings (SSSR count). The number of rotatable bonds is 9. The standard InChI is InChI=1S/C37H45N5O6S/c1-36(2,3)47-34(43)39-23-25-13-14-27-21-31(22-38)42(33(27)18-25)24-28-20-29(19-26-10-7-8-12-32(26)28)40-49(45,46)17-15-30-11-9-16-41(30)35(44)48-37(4,5)6/h7-8,10,12-14,18-21,30,40H,9,11,15-17,23-24H2,1-6H3,(H,39,43)/t30-/m0/s1. The van der Waals surface area contributed by atoms with Crippen molar-refractivity contribution in [3.8, 4) is 6.07 Å². The molecule has 1 saturated heterocycles. The molecule has 2 heterocycles. The van der Waals surface area contributed by atoms with Gasteiger partial charge in [0.05, 0.1) is 5.75 Å². The van der Waals surface area contributed by atoms with Crippen LogP contribution in [0.25, 0.3) is 21.7 Å². The Morgan fingerprint density at radius 1 is 0.959 bits per heavy atom. The molecule has 49 heavy (non-hydrogen) atoms. The van der Waals surface area contributed by atoms with Crippen molar-refractivity contribution in [2.75, 3.05) is 17.0 Å². The van der Waals surface area contributed by atoms with Crippen LogP contribution in [0.2, 0.25) is 0 Å². The second kappa shape index (κ2) is 14.0. The van der Waals surface area contributed by atoms with E-state index in [0.717, 1.165) is 45.6 Å². The van der Waals surface area contributed by atoms with Crippen molar-refractivity contribution >= 4 is 49.6 Å². The molecule has 1 fully saturated rings. The van der Waals surface area contributed by atoms with Gasteiger partial charge < -0.3 is 24.3 Å². The summed E-state index contributed by atoms with van der Waals surface area (Å²) in [6.07, 6.45) is 0.877. The average Bonchev–Trinajstić information content (AvgIpc) is 3.62. The van der Waals surface area contributed by atoms with Gasteiger partial charge in [-0.05, 0) is 107 Å². The largest absolute Gasteiger partial charge is 0.444 e. The summed E-state index contributed by atoms with van der Waals surface area (Å²) >= 11 is 0. The van der Waals surface area contributed by atoms with Crippen LogP contribution < -0.4 is 10.0 Å². The van der Waals surface area contributed by atoms with Crippen molar-refractivity contribution in [2.24, 2.45) is 0 Å². The number of alkyl carbamates (subject to hydrolysis) is 1. The number of aromatic nitrogens is 1. The predicted molar refractivity (Wildman–Crippen MR) is 191 cm³/mol. The summed E-state index contributed by atoms with van der Waals surface area (Å²) < 4.78 is 42.4. The molecular weight excluding hydrogens is 643 g/mol. The van der Waals surface area contributed by atoms with Gasteiger partial charge in [0.15, 0.2) is 0 Å². The molecule has 2 amide bonds. The Labute approximate surface area is 288 Å². The Hall–Kier alpha value is -4.76. The maximum absolute atomic E-state index is 13.4. The summed E-state index contributed by atoms with van der Waals surface area (Å²) in [5, 5.41) is 15.5. The predicted octanol–water partition coefficient (Wildman–Crippen LogP) is 7.27. The van der Waals surface area contributed by atoms with Gasteiger partial charge in [-0.25, -0.2) is 18.0 Å². The lowest BCUT2D eigenvalue weighted by molar-refractivity contribution is 0.0223. The molecule has 260 valence electrons. The highest BCUT2D eigenvalue weighted by atomic mass is 32.2. The second-order valence-electron chi connectivity index (χ2n) is 14.5. The minimum Gasteiger partial charge on any atom is -0.444 e. The van der Waals surface area contributed by atoms with E-state index < -0.39 is 33.4 Å². The number of nitriles is 1. The number of hydrogen-bond donors (Lipinski definition) is 2. The van der Waals surface area contributed by atoms with Crippen molar-refractivity contribution in [2.45, 2.75) is 91.1 Å². The summed E-state index contributed by atoms with van der Waals surface area (Å²) in [5.41, 5.74) is 2.09. The summed E-state index contributed by atoms with van der Waals surface area (Å²) in [5.74, 6) is -0.153. The Morgan fingerprint density at radius 2 is 1.69 bits per heavy atom. The van der Waals surface area contributed by atoms with Crippen molar-refractivity contribution in [3.05, 3.63) is 77.5 Å². The molecule has 0 aliphatic carbocycles. The molecule has 0 spiro atoms. The van der Waals surface area contributed by atoms with Gasteiger partial charge in [-0.1, -0.05) is 36.4 Å². The molecule has 1 aromatic heterocycles. The number of sulfonamides is 1. The highest BCUT2D eigenvalue weighted by molar-refractivity contribution is 7.92. The molecule has 4 aromatic rings. The van der Waals surface area contributed by atoms with Crippen molar-refractivity contribution in [3.63, 3.8) is 0 Å². The van der Waals surface area contributed by atoms with E-state index in [0.29, 0.717) is 30.9 Å². The monoisotopic (exact) mass is 687 g/mol. The summed E-state index contributed by atoms with van der Waals surface area (Å²) in [6, 6.07) is 21.0. The Morgan fingerprint density at radius 3 is 2.41 bits per heavy atom. The van der Waals surface area contributed by atoms with E-state index in [2.05, 4.69) is 16.1 Å². The zero-order valence-electron chi connectivity index (χ0n) is 29.0. The Balaban J connectivity index is 1.37. The van der Waals surface area contributed by atoms with Gasteiger partial charge in [0.2, 0.25) is 10.0 Å².